The molecule has 6 heteroatoms. The molecule has 0 saturated carbocycles. The fourth-order valence-corrected chi connectivity index (χ4v) is 0.626. The summed E-state index contributed by atoms with van der Waals surface area (Å²) in [4.78, 5) is 6.26. The van der Waals surface area contributed by atoms with Crippen LogP contribution in [0.25, 0.3) is 0 Å². The minimum atomic E-state index is -4.47. The molecule has 0 aliphatic rings. The van der Waals surface area contributed by atoms with Gasteiger partial charge in [0.15, 0.2) is 5.69 Å². The molecule has 0 saturated heterocycles. The summed E-state index contributed by atoms with van der Waals surface area (Å²) in [6.07, 6.45) is -2.82. The zero-order valence-electron chi connectivity index (χ0n) is 7.06. The molecule has 0 radical (unpaired) electrons. The largest absolute Gasteiger partial charge is 0.434 e. The summed E-state index contributed by atoms with van der Waals surface area (Å²) in [5, 5.41) is -0.264. The van der Waals surface area contributed by atoms with Crippen molar-refractivity contribution in [3.63, 3.8) is 0 Å². The normalized spacial score (nSPS) is 10.3. The monoisotopic (exact) mass is 212 g/mol. The Balaban J connectivity index is 0.000000671. The first-order valence-electron chi connectivity index (χ1n) is 3.55. The maximum Gasteiger partial charge on any atom is 0.434 e. The van der Waals surface area contributed by atoms with E-state index in [1.807, 2.05) is 13.8 Å². The van der Waals surface area contributed by atoms with Crippen LogP contribution in [0.15, 0.2) is 12.4 Å². The Labute approximate surface area is 78.8 Å². The van der Waals surface area contributed by atoms with E-state index in [0.29, 0.717) is 6.20 Å². The number of aromatic nitrogens is 2. The van der Waals surface area contributed by atoms with Gasteiger partial charge in [-0.05, 0) is 0 Å². The van der Waals surface area contributed by atoms with Gasteiger partial charge in [0.1, 0.15) is 5.15 Å². The van der Waals surface area contributed by atoms with Gasteiger partial charge in [0, 0.05) is 0 Å². The summed E-state index contributed by atoms with van der Waals surface area (Å²) < 4.78 is 35.4. The summed E-state index contributed by atoms with van der Waals surface area (Å²) in [5.74, 6) is 0. The second-order valence-corrected chi connectivity index (χ2v) is 2.11. The number of hydrogen-bond donors (Lipinski definition) is 0. The lowest BCUT2D eigenvalue weighted by atomic mass is 10.4. The molecule has 0 aromatic carbocycles. The molecule has 2 nitrogen and oxygen atoms in total. The van der Waals surface area contributed by atoms with Crippen LogP contribution in [0.4, 0.5) is 13.2 Å². The van der Waals surface area contributed by atoms with E-state index in [1.165, 1.54) is 0 Å². The molecule has 1 heterocycles. The molecule has 1 aromatic heterocycles. The third-order valence-corrected chi connectivity index (χ3v) is 1.08. The highest BCUT2D eigenvalue weighted by Gasteiger charge is 2.32. The average molecular weight is 213 g/mol. The Bertz CT molecular complexity index is 262. The van der Waals surface area contributed by atoms with E-state index in [0.717, 1.165) is 6.20 Å². The highest BCUT2D eigenvalue weighted by molar-refractivity contribution is 6.29. The van der Waals surface area contributed by atoms with E-state index in [1.54, 1.807) is 0 Å². The van der Waals surface area contributed by atoms with Gasteiger partial charge in [-0.2, -0.15) is 13.2 Å². The zero-order valence-corrected chi connectivity index (χ0v) is 7.82. The number of rotatable bonds is 0. The Kier molecular flexibility index (Phi) is 4.69. The van der Waals surface area contributed by atoms with Crippen molar-refractivity contribution in [2.24, 2.45) is 0 Å². The standard InChI is InChI=1S/C5H2ClF3N2.C2H6/c6-4-2-10-1-3(11-4)5(7,8)9;1-2/h1-2H;1-2H3. The van der Waals surface area contributed by atoms with Crippen molar-refractivity contribution in [2.45, 2.75) is 20.0 Å². The summed E-state index contributed by atoms with van der Waals surface area (Å²) in [6.45, 7) is 4.00. The van der Waals surface area contributed by atoms with Crippen LogP contribution in [0.3, 0.4) is 0 Å². The van der Waals surface area contributed by atoms with Crippen molar-refractivity contribution in [3.8, 4) is 0 Å². The Morgan fingerprint density at radius 3 is 2.08 bits per heavy atom. The third-order valence-electron chi connectivity index (χ3n) is 0.896. The SMILES string of the molecule is CC.FC(F)(F)c1cncc(Cl)n1. The minimum Gasteiger partial charge on any atom is -0.259 e. The molecule has 0 unspecified atom stereocenters. The van der Waals surface area contributed by atoms with E-state index >= 15 is 0 Å². The molecule has 0 spiro atoms. The molecular formula is C7H8ClF3N2. The first-order valence-corrected chi connectivity index (χ1v) is 3.92. The minimum absolute atomic E-state index is 0.264. The maximum absolute atomic E-state index is 11.8. The van der Waals surface area contributed by atoms with Gasteiger partial charge in [0.25, 0.3) is 0 Å². The van der Waals surface area contributed by atoms with Crippen molar-refractivity contribution in [3.05, 3.63) is 23.2 Å². The van der Waals surface area contributed by atoms with Gasteiger partial charge in [-0.15, -0.1) is 0 Å². The topological polar surface area (TPSA) is 25.8 Å². The van der Waals surface area contributed by atoms with Crippen molar-refractivity contribution in [2.75, 3.05) is 0 Å². The molecule has 74 valence electrons. The fourth-order valence-electron chi connectivity index (χ4n) is 0.479. The second-order valence-electron chi connectivity index (χ2n) is 1.72. The first-order chi connectivity index (χ1) is 6.00. The lowest BCUT2D eigenvalue weighted by Crippen LogP contribution is -2.08. The Morgan fingerprint density at radius 1 is 1.23 bits per heavy atom. The molecule has 0 fully saturated rings. The summed E-state index contributed by atoms with van der Waals surface area (Å²) >= 11 is 5.18. The smallest absolute Gasteiger partial charge is 0.259 e. The molecule has 0 aliphatic carbocycles. The fraction of sp³-hybridized carbons (Fsp3) is 0.429. The maximum atomic E-state index is 11.8. The summed E-state index contributed by atoms with van der Waals surface area (Å²) in [5.41, 5.74) is -1.08. The third kappa shape index (κ3) is 4.07. The second kappa shape index (κ2) is 5.01. The molecular weight excluding hydrogens is 205 g/mol. The highest BCUT2D eigenvalue weighted by atomic mass is 35.5. The predicted molar refractivity (Wildman–Crippen MR) is 43.4 cm³/mol. The van der Waals surface area contributed by atoms with Gasteiger partial charge in [0.05, 0.1) is 12.4 Å². The van der Waals surface area contributed by atoms with E-state index in [9.17, 15) is 13.2 Å². The van der Waals surface area contributed by atoms with Crippen LogP contribution in [-0.4, -0.2) is 9.97 Å². The van der Waals surface area contributed by atoms with E-state index in [-0.39, 0.29) is 5.15 Å². The molecule has 1 aromatic rings. The molecule has 0 aliphatic heterocycles. The number of hydrogen-bond acceptors (Lipinski definition) is 2. The zero-order chi connectivity index (χ0) is 10.5. The number of nitrogens with zero attached hydrogens (tertiary/aromatic N) is 2. The quantitative estimate of drug-likeness (QED) is 0.660. The number of halogens is 4. The van der Waals surface area contributed by atoms with Crippen molar-refractivity contribution in [1.29, 1.82) is 0 Å². The van der Waals surface area contributed by atoms with Crippen LogP contribution >= 0.6 is 11.6 Å². The number of alkyl halides is 3. The molecule has 0 amide bonds. The van der Waals surface area contributed by atoms with E-state index in [2.05, 4.69) is 9.97 Å². The summed E-state index contributed by atoms with van der Waals surface area (Å²) in [6, 6.07) is 0. The Hall–Kier alpha value is -0.840. The van der Waals surface area contributed by atoms with Crippen molar-refractivity contribution < 1.29 is 13.2 Å². The van der Waals surface area contributed by atoms with Gasteiger partial charge in [-0.25, -0.2) is 4.98 Å². The van der Waals surface area contributed by atoms with Crippen molar-refractivity contribution >= 4 is 11.6 Å². The average Bonchev–Trinajstić information content (AvgIpc) is 2.06. The van der Waals surface area contributed by atoms with Gasteiger partial charge in [-0.3, -0.25) is 4.98 Å². The molecule has 13 heavy (non-hydrogen) atoms. The molecule has 0 atom stereocenters. The van der Waals surface area contributed by atoms with Gasteiger partial charge >= 0.3 is 6.18 Å². The lowest BCUT2D eigenvalue weighted by molar-refractivity contribution is -0.141. The van der Waals surface area contributed by atoms with Gasteiger partial charge in [0.2, 0.25) is 0 Å². The van der Waals surface area contributed by atoms with Gasteiger partial charge in [-0.1, -0.05) is 25.4 Å². The molecule has 1 rings (SSSR count). The lowest BCUT2D eigenvalue weighted by Gasteiger charge is -2.03. The molecule has 0 N–H and O–H groups in total. The van der Waals surface area contributed by atoms with Gasteiger partial charge < -0.3 is 0 Å². The molecule has 0 bridgehead atoms. The van der Waals surface area contributed by atoms with Crippen LogP contribution in [0.2, 0.25) is 5.15 Å². The highest BCUT2D eigenvalue weighted by Crippen LogP contribution is 2.27. The first kappa shape index (κ1) is 12.2. The van der Waals surface area contributed by atoms with Crippen LogP contribution in [0, 0.1) is 0 Å². The van der Waals surface area contributed by atoms with Crippen LogP contribution < -0.4 is 0 Å². The predicted octanol–water partition coefficient (Wildman–Crippen LogP) is 3.18. The Morgan fingerprint density at radius 2 is 1.77 bits per heavy atom. The summed E-state index contributed by atoms with van der Waals surface area (Å²) in [7, 11) is 0. The van der Waals surface area contributed by atoms with E-state index in [4.69, 9.17) is 11.6 Å². The van der Waals surface area contributed by atoms with Crippen LogP contribution in [0.5, 0.6) is 0 Å². The van der Waals surface area contributed by atoms with Crippen LogP contribution in [-0.2, 0) is 6.18 Å². The van der Waals surface area contributed by atoms with E-state index < -0.39 is 11.9 Å². The van der Waals surface area contributed by atoms with Crippen molar-refractivity contribution in [1.82, 2.24) is 9.97 Å². The van der Waals surface area contributed by atoms with Crippen LogP contribution in [0.1, 0.15) is 19.5 Å².